The first kappa shape index (κ1) is 25.8. The maximum atomic E-state index is 6.15. The van der Waals surface area contributed by atoms with Crippen LogP contribution in [0.1, 0.15) is 37.8 Å². The van der Waals surface area contributed by atoms with Gasteiger partial charge in [-0.05, 0) is 62.1 Å². The van der Waals surface area contributed by atoms with Gasteiger partial charge in [0.2, 0.25) is 0 Å². The number of anilines is 2. The van der Waals surface area contributed by atoms with E-state index in [9.17, 15) is 0 Å². The smallest absolute Gasteiger partial charge is 0.121 e. The molecule has 0 bridgehead atoms. The van der Waals surface area contributed by atoms with Gasteiger partial charge >= 0.3 is 0 Å². The highest BCUT2D eigenvalue weighted by Crippen LogP contribution is 2.28. The molecule has 0 amide bonds. The molecular formula is C32H41N3O. The average molecular weight is 484 g/mol. The lowest BCUT2D eigenvalue weighted by Gasteiger charge is -2.39. The van der Waals surface area contributed by atoms with Gasteiger partial charge in [-0.3, -0.25) is 4.90 Å². The zero-order valence-corrected chi connectivity index (χ0v) is 22.4. The second kappa shape index (κ2) is 12.6. The summed E-state index contributed by atoms with van der Waals surface area (Å²) in [7, 11) is 4.18. The van der Waals surface area contributed by atoms with Crippen LogP contribution in [0, 0.1) is 0 Å². The predicted octanol–water partition coefficient (Wildman–Crippen LogP) is 6.77. The molecule has 4 rings (SSSR count). The number of nitrogens with zero attached hydrogens (tertiary/aromatic N) is 3. The number of likely N-dealkylation sites (tertiary alicyclic amines) is 1. The monoisotopic (exact) mass is 483 g/mol. The summed E-state index contributed by atoms with van der Waals surface area (Å²) in [6.45, 7) is 9.15. The Balaban J connectivity index is 1.39. The van der Waals surface area contributed by atoms with Gasteiger partial charge < -0.3 is 14.5 Å². The molecule has 0 saturated carbocycles. The molecule has 4 nitrogen and oxygen atoms in total. The van der Waals surface area contributed by atoms with E-state index in [1.165, 1.54) is 40.9 Å². The third-order valence-corrected chi connectivity index (χ3v) is 6.95. The molecule has 190 valence electrons. The number of hydrogen-bond donors (Lipinski definition) is 0. The normalized spacial score (nSPS) is 14.3. The number of allylic oxidation sites excluding steroid dienone is 1. The first-order valence-electron chi connectivity index (χ1n) is 13.1. The van der Waals surface area contributed by atoms with Gasteiger partial charge in [-0.2, -0.15) is 0 Å². The minimum absolute atomic E-state index is 0.525. The molecular weight excluding hydrogens is 442 g/mol. The molecule has 1 fully saturated rings. The van der Waals surface area contributed by atoms with Crippen LogP contribution >= 0.6 is 0 Å². The van der Waals surface area contributed by atoms with E-state index in [-0.39, 0.29) is 0 Å². The van der Waals surface area contributed by atoms with E-state index in [4.69, 9.17) is 4.74 Å². The molecule has 3 aromatic carbocycles. The highest BCUT2D eigenvalue weighted by Gasteiger charge is 2.25. The van der Waals surface area contributed by atoms with Crippen molar-refractivity contribution in [3.63, 3.8) is 0 Å². The SMILES string of the molecule is CC(C)=CCN(c1cccc(OCc2ccccc2)c1)C1CCN(Cc2ccc(N(C)C)cc2)CC1. The van der Waals surface area contributed by atoms with Crippen molar-refractivity contribution >= 4 is 11.4 Å². The van der Waals surface area contributed by atoms with Gasteiger partial charge in [-0.15, -0.1) is 0 Å². The van der Waals surface area contributed by atoms with Crippen molar-refractivity contribution in [1.82, 2.24) is 4.90 Å². The van der Waals surface area contributed by atoms with E-state index in [1.54, 1.807) is 0 Å². The second-order valence-electron chi connectivity index (χ2n) is 10.3. The summed E-state index contributed by atoms with van der Waals surface area (Å²) in [6, 6.07) is 28.5. The molecule has 0 aromatic heterocycles. The summed E-state index contributed by atoms with van der Waals surface area (Å²) in [5.41, 5.74) is 6.44. The van der Waals surface area contributed by atoms with Crippen molar-refractivity contribution in [2.24, 2.45) is 0 Å². The van der Waals surface area contributed by atoms with Gasteiger partial charge in [0.25, 0.3) is 0 Å². The molecule has 3 aromatic rings. The Hall–Kier alpha value is -3.24. The lowest BCUT2D eigenvalue weighted by atomic mass is 10.0. The maximum absolute atomic E-state index is 6.15. The fourth-order valence-corrected chi connectivity index (χ4v) is 4.79. The minimum atomic E-state index is 0.525. The van der Waals surface area contributed by atoms with Crippen LogP contribution in [0.3, 0.4) is 0 Å². The van der Waals surface area contributed by atoms with Gasteiger partial charge in [0.1, 0.15) is 12.4 Å². The summed E-state index contributed by atoms with van der Waals surface area (Å²) >= 11 is 0. The highest BCUT2D eigenvalue weighted by molar-refractivity contribution is 5.52. The van der Waals surface area contributed by atoms with E-state index < -0.39 is 0 Å². The topological polar surface area (TPSA) is 19.0 Å². The number of rotatable bonds is 10. The molecule has 0 unspecified atom stereocenters. The molecule has 4 heteroatoms. The van der Waals surface area contributed by atoms with Crippen molar-refractivity contribution in [3.8, 4) is 5.75 Å². The van der Waals surface area contributed by atoms with Crippen LogP contribution in [0.4, 0.5) is 11.4 Å². The fraction of sp³-hybridized carbons (Fsp3) is 0.375. The van der Waals surface area contributed by atoms with Crippen molar-refractivity contribution < 1.29 is 4.74 Å². The van der Waals surface area contributed by atoms with Crippen LogP contribution in [-0.4, -0.2) is 44.7 Å². The van der Waals surface area contributed by atoms with E-state index in [0.717, 1.165) is 31.9 Å². The first-order chi connectivity index (χ1) is 17.5. The quantitative estimate of drug-likeness (QED) is 0.296. The Morgan fingerprint density at radius 3 is 2.25 bits per heavy atom. The Bertz CT molecular complexity index is 1100. The third-order valence-electron chi connectivity index (χ3n) is 6.95. The van der Waals surface area contributed by atoms with Crippen LogP contribution in [0.2, 0.25) is 0 Å². The minimum Gasteiger partial charge on any atom is -0.489 e. The summed E-state index contributed by atoms with van der Waals surface area (Å²) < 4.78 is 6.15. The molecule has 0 aliphatic carbocycles. The van der Waals surface area contributed by atoms with Gasteiger partial charge in [0.05, 0.1) is 0 Å². The van der Waals surface area contributed by atoms with Crippen LogP contribution in [-0.2, 0) is 13.2 Å². The number of ether oxygens (including phenoxy) is 1. The van der Waals surface area contributed by atoms with E-state index in [0.29, 0.717) is 12.6 Å². The number of hydrogen-bond acceptors (Lipinski definition) is 4. The maximum Gasteiger partial charge on any atom is 0.121 e. The van der Waals surface area contributed by atoms with Crippen molar-refractivity contribution in [1.29, 1.82) is 0 Å². The standard InChI is InChI=1S/C32H41N3O/c1-26(2)17-22-35(31-11-8-12-32(23-31)36-25-28-9-6-5-7-10-28)30-18-20-34(21-19-30)24-27-13-15-29(16-14-27)33(3)4/h5-17,23,30H,18-22,24-25H2,1-4H3. The average Bonchev–Trinajstić information content (AvgIpc) is 2.89. The Morgan fingerprint density at radius 1 is 0.861 bits per heavy atom. The molecule has 1 aliphatic heterocycles. The lowest BCUT2D eigenvalue weighted by molar-refractivity contribution is 0.202. The summed E-state index contributed by atoms with van der Waals surface area (Å²) in [6.07, 6.45) is 4.68. The Morgan fingerprint density at radius 2 is 1.58 bits per heavy atom. The zero-order chi connectivity index (χ0) is 25.3. The number of piperidine rings is 1. The molecule has 1 aliphatic rings. The van der Waals surface area contributed by atoms with Gasteiger partial charge in [-0.25, -0.2) is 0 Å². The third kappa shape index (κ3) is 7.38. The largest absolute Gasteiger partial charge is 0.489 e. The van der Waals surface area contributed by atoms with Crippen LogP contribution in [0.25, 0.3) is 0 Å². The second-order valence-corrected chi connectivity index (χ2v) is 10.3. The molecule has 0 radical (unpaired) electrons. The van der Waals surface area contributed by atoms with Crippen molar-refractivity contribution in [3.05, 3.63) is 102 Å². The highest BCUT2D eigenvalue weighted by atomic mass is 16.5. The molecule has 36 heavy (non-hydrogen) atoms. The summed E-state index contributed by atoms with van der Waals surface area (Å²) in [5, 5.41) is 0. The molecule has 0 atom stereocenters. The van der Waals surface area contributed by atoms with Crippen LogP contribution in [0.15, 0.2) is 90.5 Å². The molecule has 0 spiro atoms. The van der Waals surface area contributed by atoms with Crippen molar-refractivity contribution in [2.45, 2.75) is 45.9 Å². The first-order valence-corrected chi connectivity index (χ1v) is 13.1. The van der Waals surface area contributed by atoms with Gasteiger partial charge in [-0.1, -0.05) is 60.2 Å². The van der Waals surface area contributed by atoms with Gasteiger partial charge in [0.15, 0.2) is 0 Å². The molecule has 1 heterocycles. The zero-order valence-electron chi connectivity index (χ0n) is 22.4. The van der Waals surface area contributed by atoms with E-state index >= 15 is 0 Å². The number of benzene rings is 3. The van der Waals surface area contributed by atoms with Crippen LogP contribution in [0.5, 0.6) is 5.75 Å². The lowest BCUT2D eigenvalue weighted by Crippen LogP contribution is -2.45. The molecule has 1 saturated heterocycles. The van der Waals surface area contributed by atoms with Crippen LogP contribution < -0.4 is 14.5 Å². The summed E-state index contributed by atoms with van der Waals surface area (Å²) in [5.74, 6) is 0.928. The Kier molecular flexibility index (Phi) is 9.07. The van der Waals surface area contributed by atoms with E-state index in [1.807, 2.05) is 6.07 Å². The molecule has 0 N–H and O–H groups in total. The van der Waals surface area contributed by atoms with Gasteiger partial charge in [0, 0.05) is 63.8 Å². The van der Waals surface area contributed by atoms with Crippen molar-refractivity contribution in [2.75, 3.05) is 43.5 Å². The summed E-state index contributed by atoms with van der Waals surface area (Å²) in [4.78, 5) is 7.32. The van der Waals surface area contributed by atoms with E-state index in [2.05, 4.69) is 122 Å². The fourth-order valence-electron chi connectivity index (χ4n) is 4.79. The predicted molar refractivity (Wildman–Crippen MR) is 153 cm³/mol. The Labute approximate surface area is 217 Å².